The first-order valence-electron chi connectivity index (χ1n) is 10.3. The van der Waals surface area contributed by atoms with Crippen molar-refractivity contribution in [2.24, 2.45) is 0 Å². The molecule has 4 heterocycles. The Bertz CT molecular complexity index is 1080. The zero-order chi connectivity index (χ0) is 21.5. The van der Waals surface area contributed by atoms with Crippen LogP contribution in [0, 0.1) is 0 Å². The second-order valence-electron chi connectivity index (χ2n) is 7.69. The quantitative estimate of drug-likeness (QED) is 0.413. The third kappa shape index (κ3) is 3.69. The summed E-state index contributed by atoms with van der Waals surface area (Å²) in [6.45, 7) is 7.80. The summed E-state index contributed by atoms with van der Waals surface area (Å²) in [4.78, 5) is 29.2. The molecule has 7 nitrogen and oxygen atoms in total. The van der Waals surface area contributed by atoms with Gasteiger partial charge in [0.1, 0.15) is 19.0 Å². The highest BCUT2D eigenvalue weighted by Crippen LogP contribution is 2.43. The standard InChI is InChI=1S/C22H22N2O5S2/c1-13-12-15(31-22(13)24-6-10-29-11-7-24)18-19(25)17(20(26)21(18)27)14-2-3-16(30-14)23-4-8-28-9-5-23/h2-3,12H,4-11H2,1H3/p+1. The number of aliphatic hydroxyl groups is 1. The fraction of sp³-hybridized carbons (Fsp3) is 0.409. The van der Waals surface area contributed by atoms with Crippen molar-refractivity contribution in [3.05, 3.63) is 44.9 Å². The third-order valence-electron chi connectivity index (χ3n) is 5.73. The predicted octanol–water partition coefficient (Wildman–Crippen LogP) is 2.39. The van der Waals surface area contributed by atoms with E-state index in [2.05, 4.69) is 9.48 Å². The maximum absolute atomic E-state index is 12.9. The number of carbonyl (C=O) groups excluding carboxylic acids is 2. The van der Waals surface area contributed by atoms with E-state index >= 15 is 0 Å². The second-order valence-corrected chi connectivity index (χ2v) is 9.79. The summed E-state index contributed by atoms with van der Waals surface area (Å²) in [6.07, 6.45) is 1.89. The molecule has 1 aromatic rings. The number of rotatable bonds is 2. The maximum Gasteiger partial charge on any atom is 0.242 e. The molecule has 9 heteroatoms. The van der Waals surface area contributed by atoms with Crippen molar-refractivity contribution in [3.63, 3.8) is 0 Å². The number of carbonyl (C=O) groups is 2. The minimum absolute atomic E-state index is 0.114. The summed E-state index contributed by atoms with van der Waals surface area (Å²) in [5, 5.41) is 13.0. The smallest absolute Gasteiger partial charge is 0.242 e. The van der Waals surface area contributed by atoms with Crippen molar-refractivity contribution in [3.8, 4) is 0 Å². The van der Waals surface area contributed by atoms with Crippen LogP contribution in [0.5, 0.6) is 0 Å². The van der Waals surface area contributed by atoms with Gasteiger partial charge in [0.05, 0.1) is 29.4 Å². The summed E-state index contributed by atoms with van der Waals surface area (Å²) in [5.74, 6) is -1.48. The first-order chi connectivity index (χ1) is 15.0. The third-order valence-corrected chi connectivity index (χ3v) is 8.21. The van der Waals surface area contributed by atoms with Crippen LogP contribution in [0.3, 0.4) is 0 Å². The highest BCUT2D eigenvalue weighted by Gasteiger charge is 2.42. The number of ether oxygens (including phenoxy) is 2. The Labute approximate surface area is 188 Å². The van der Waals surface area contributed by atoms with Crippen molar-refractivity contribution in [2.45, 2.75) is 6.92 Å². The lowest BCUT2D eigenvalue weighted by Gasteiger charge is -2.27. The summed E-state index contributed by atoms with van der Waals surface area (Å²) >= 11 is 2.87. The number of hydrogen-bond acceptors (Lipinski definition) is 8. The van der Waals surface area contributed by atoms with Gasteiger partial charge in [-0.1, -0.05) is 0 Å². The van der Waals surface area contributed by atoms with Gasteiger partial charge in [-0.05, 0) is 36.9 Å². The van der Waals surface area contributed by atoms with Crippen LogP contribution < -0.4 is 4.90 Å². The van der Waals surface area contributed by atoms with Crippen molar-refractivity contribution in [2.75, 3.05) is 57.5 Å². The molecule has 0 bridgehead atoms. The molecular weight excluding hydrogens is 436 g/mol. The lowest BCUT2D eigenvalue weighted by Crippen LogP contribution is -2.35. The normalized spacial score (nSPS) is 25.2. The van der Waals surface area contributed by atoms with Gasteiger partial charge >= 0.3 is 0 Å². The molecule has 0 spiro atoms. The Kier molecular flexibility index (Phi) is 5.60. The molecular formula is C22H23N2O5S2+. The van der Waals surface area contributed by atoms with Crippen LogP contribution in [0.1, 0.15) is 11.8 Å². The lowest BCUT2D eigenvalue weighted by molar-refractivity contribution is -0.546. The van der Waals surface area contributed by atoms with Crippen molar-refractivity contribution < 1.29 is 28.7 Å². The Hall–Kier alpha value is -2.20. The molecule has 0 amide bonds. The van der Waals surface area contributed by atoms with E-state index in [-0.39, 0.29) is 16.9 Å². The second kappa shape index (κ2) is 8.38. The Morgan fingerprint density at radius 2 is 1.68 bits per heavy atom. The van der Waals surface area contributed by atoms with Crippen LogP contribution in [-0.4, -0.2) is 78.9 Å². The van der Waals surface area contributed by atoms with Gasteiger partial charge in [0.25, 0.3) is 0 Å². The van der Waals surface area contributed by atoms with Gasteiger partial charge in [-0.15, -0.1) is 11.3 Å². The number of Topliss-reactive ketones (excluding diaryl/α,β-unsaturated/α-hetero) is 2. The number of ketones is 2. The summed E-state index contributed by atoms with van der Waals surface area (Å²) < 4.78 is 13.1. The Balaban J connectivity index is 1.49. The first kappa shape index (κ1) is 20.7. The van der Waals surface area contributed by atoms with Crippen LogP contribution in [0.15, 0.2) is 40.0 Å². The van der Waals surface area contributed by atoms with Crippen LogP contribution in [0.4, 0.5) is 5.00 Å². The molecule has 0 saturated carbocycles. The summed E-state index contributed by atoms with van der Waals surface area (Å²) in [6, 6.07) is 3.75. The zero-order valence-electron chi connectivity index (χ0n) is 17.2. The number of thioether (sulfide) groups is 1. The van der Waals surface area contributed by atoms with Crippen molar-refractivity contribution in [1.82, 2.24) is 0 Å². The van der Waals surface area contributed by atoms with Crippen LogP contribution in [0.2, 0.25) is 0 Å². The average molecular weight is 460 g/mol. The molecule has 0 unspecified atom stereocenters. The fourth-order valence-corrected chi connectivity index (χ4v) is 6.48. The van der Waals surface area contributed by atoms with Crippen LogP contribution in [-0.2, 0) is 19.1 Å². The molecule has 4 aliphatic rings. The highest BCUT2D eigenvalue weighted by molar-refractivity contribution is 8.18. The number of thiophene rings is 1. The molecule has 5 rings (SSSR count). The minimum atomic E-state index is -0.637. The minimum Gasteiger partial charge on any atom is -0.506 e. The summed E-state index contributed by atoms with van der Waals surface area (Å²) in [5.41, 5.74) is 1.26. The number of aliphatic hydroxyl groups excluding tert-OH is 1. The van der Waals surface area contributed by atoms with E-state index in [9.17, 15) is 14.7 Å². The van der Waals surface area contributed by atoms with Gasteiger partial charge in [-0.2, -0.15) is 0 Å². The molecule has 1 aliphatic carbocycles. The Morgan fingerprint density at radius 3 is 2.42 bits per heavy atom. The molecule has 0 aromatic carbocycles. The number of morpholine rings is 2. The van der Waals surface area contributed by atoms with E-state index in [1.54, 1.807) is 0 Å². The van der Waals surface area contributed by atoms with E-state index in [1.807, 2.05) is 25.1 Å². The van der Waals surface area contributed by atoms with E-state index in [0.29, 0.717) is 36.2 Å². The van der Waals surface area contributed by atoms with Crippen LogP contribution >= 0.6 is 23.1 Å². The van der Waals surface area contributed by atoms with Gasteiger partial charge in [-0.25, -0.2) is 4.58 Å². The molecule has 2 saturated heterocycles. The van der Waals surface area contributed by atoms with Gasteiger partial charge in [0.15, 0.2) is 13.1 Å². The topological polar surface area (TPSA) is 79.1 Å². The number of hydrogen-bond donors (Lipinski definition) is 1. The lowest BCUT2D eigenvalue weighted by atomic mass is 10.1. The molecule has 1 N–H and O–H groups in total. The van der Waals surface area contributed by atoms with E-state index in [0.717, 1.165) is 41.8 Å². The number of anilines is 1. The highest BCUT2D eigenvalue weighted by atomic mass is 32.2. The molecule has 31 heavy (non-hydrogen) atoms. The Morgan fingerprint density at radius 1 is 1.00 bits per heavy atom. The van der Waals surface area contributed by atoms with Crippen LogP contribution in [0.25, 0.3) is 5.57 Å². The van der Waals surface area contributed by atoms with Crippen molar-refractivity contribution in [1.29, 1.82) is 0 Å². The van der Waals surface area contributed by atoms with Gasteiger partial charge in [0.2, 0.25) is 16.6 Å². The van der Waals surface area contributed by atoms with Crippen molar-refractivity contribution >= 4 is 50.3 Å². The van der Waals surface area contributed by atoms with E-state index in [1.165, 1.54) is 23.1 Å². The molecule has 0 radical (unpaired) electrons. The monoisotopic (exact) mass is 459 g/mol. The van der Waals surface area contributed by atoms with Gasteiger partial charge in [0, 0.05) is 28.4 Å². The fourth-order valence-electron chi connectivity index (χ4n) is 4.12. The molecule has 2 fully saturated rings. The summed E-state index contributed by atoms with van der Waals surface area (Å²) in [7, 11) is 0. The SMILES string of the molecule is CC1=C/C(=C2/C(=O)C(=O)C(c3ccc(N4CCOCC4)s3)=C2O)SC1=[N+]1CCOCC1. The molecule has 0 atom stereocenters. The van der Waals surface area contributed by atoms with E-state index < -0.39 is 11.6 Å². The predicted molar refractivity (Wildman–Crippen MR) is 121 cm³/mol. The molecule has 1 aromatic heterocycles. The van der Waals surface area contributed by atoms with Gasteiger partial charge < -0.3 is 19.5 Å². The molecule has 3 aliphatic heterocycles. The average Bonchev–Trinajstić information content (AvgIpc) is 3.47. The largest absolute Gasteiger partial charge is 0.506 e. The zero-order valence-corrected chi connectivity index (χ0v) is 18.8. The van der Waals surface area contributed by atoms with E-state index in [4.69, 9.17) is 9.47 Å². The molecule has 162 valence electrons. The number of allylic oxidation sites excluding steroid dienone is 3. The maximum atomic E-state index is 12.9. The first-order valence-corrected chi connectivity index (χ1v) is 11.9. The number of nitrogens with zero attached hydrogens (tertiary/aromatic N) is 2. The van der Waals surface area contributed by atoms with Gasteiger partial charge in [-0.3, -0.25) is 9.59 Å².